The number of anilines is 3. The lowest BCUT2D eigenvalue weighted by molar-refractivity contribution is -0.151. The molecule has 11 nitrogen and oxygen atoms in total. The molecule has 62 heavy (non-hydrogen) atoms. The van der Waals surface area contributed by atoms with E-state index in [1.54, 1.807) is 12.0 Å². The van der Waals surface area contributed by atoms with Gasteiger partial charge in [0.1, 0.15) is 5.75 Å². The highest BCUT2D eigenvalue weighted by Gasteiger charge is 2.66. The summed E-state index contributed by atoms with van der Waals surface area (Å²) in [5.41, 5.74) is 4.53. The summed E-state index contributed by atoms with van der Waals surface area (Å²) >= 11 is 0. The van der Waals surface area contributed by atoms with Crippen LogP contribution in [0.4, 0.5) is 17.1 Å². The largest absolute Gasteiger partial charge is 0.497 e. The van der Waals surface area contributed by atoms with E-state index in [1.807, 2.05) is 87.5 Å². The van der Waals surface area contributed by atoms with Gasteiger partial charge in [-0.2, -0.15) is 0 Å². The lowest BCUT2D eigenvalue weighted by atomic mass is 9.82. The zero-order valence-corrected chi connectivity index (χ0v) is 37.3. The Hall–Kier alpha value is -5.30. The Morgan fingerprint density at radius 3 is 2.13 bits per heavy atom. The molecule has 1 spiro atoms. The number of nitrogens with zero attached hydrogens (tertiary/aromatic N) is 4. The fourth-order valence-corrected chi connectivity index (χ4v) is 15.3. The lowest BCUT2D eigenvalue weighted by Gasteiger charge is -2.39. The summed E-state index contributed by atoms with van der Waals surface area (Å²) < 4.78 is 13.0. The zero-order valence-electron chi connectivity index (χ0n) is 36.3. The molecule has 0 aliphatic carbocycles. The maximum Gasteiger partial charge on any atom is 0.264 e. The van der Waals surface area contributed by atoms with Gasteiger partial charge in [0.25, 0.3) is 5.91 Å². The van der Waals surface area contributed by atoms with Crippen molar-refractivity contribution < 1.29 is 33.8 Å². The number of amides is 4. The third-order valence-electron chi connectivity index (χ3n) is 14.6. The number of hydrogen-bond donors (Lipinski definition) is 1. The minimum Gasteiger partial charge on any atom is -0.497 e. The van der Waals surface area contributed by atoms with Crippen molar-refractivity contribution in [1.29, 1.82) is 0 Å². The van der Waals surface area contributed by atoms with Gasteiger partial charge in [0, 0.05) is 55.3 Å². The molecule has 0 bridgehead atoms. The molecule has 5 heterocycles. The number of carbonyl (C=O) groups excluding carboxylic acids is 4. The smallest absolute Gasteiger partial charge is 0.264 e. The van der Waals surface area contributed by atoms with Crippen LogP contribution >= 0.6 is 0 Å². The molecule has 0 unspecified atom stereocenters. The van der Waals surface area contributed by atoms with Crippen LogP contribution in [0.5, 0.6) is 5.75 Å². The molecule has 0 radical (unpaired) electrons. The Bertz CT molecular complexity index is 2370. The first-order valence-electron chi connectivity index (χ1n) is 22.4. The Labute approximate surface area is 365 Å². The predicted molar refractivity (Wildman–Crippen MR) is 242 cm³/mol. The van der Waals surface area contributed by atoms with Crippen LogP contribution in [0.2, 0.25) is 18.6 Å². The summed E-state index contributed by atoms with van der Waals surface area (Å²) in [5.74, 6) is 0.289. The minimum absolute atomic E-state index is 0.0472. The van der Waals surface area contributed by atoms with Crippen molar-refractivity contribution in [3.63, 3.8) is 0 Å². The lowest BCUT2D eigenvalue weighted by Crippen LogP contribution is -2.52. The second kappa shape index (κ2) is 16.8. The molecule has 9 rings (SSSR count). The average Bonchev–Trinajstić information content (AvgIpc) is 3.71. The van der Waals surface area contributed by atoms with Gasteiger partial charge in [0.2, 0.25) is 17.7 Å². The van der Waals surface area contributed by atoms with Crippen molar-refractivity contribution in [3.05, 3.63) is 113 Å². The Morgan fingerprint density at radius 1 is 0.839 bits per heavy atom. The summed E-state index contributed by atoms with van der Waals surface area (Å²) in [6.45, 7) is 8.54. The first-order chi connectivity index (χ1) is 29.9. The third-order valence-corrected chi connectivity index (χ3v) is 19.0. The average molecular weight is 855 g/mol. The Balaban J connectivity index is 1.12. The van der Waals surface area contributed by atoms with Crippen molar-refractivity contribution in [3.8, 4) is 5.75 Å². The van der Waals surface area contributed by atoms with Gasteiger partial charge in [-0.1, -0.05) is 73.7 Å². The van der Waals surface area contributed by atoms with E-state index in [2.05, 4.69) is 38.2 Å². The van der Waals surface area contributed by atoms with Crippen molar-refractivity contribution >= 4 is 54.0 Å². The van der Waals surface area contributed by atoms with Gasteiger partial charge in [-0.15, -0.1) is 0 Å². The van der Waals surface area contributed by atoms with Gasteiger partial charge in [0.15, 0.2) is 5.60 Å². The fraction of sp³-hybridized carbons (Fsp3) is 0.440. The van der Waals surface area contributed by atoms with E-state index in [-0.39, 0.29) is 60.7 Å². The molecule has 4 aromatic rings. The second-order valence-corrected chi connectivity index (χ2v) is 23.1. The number of rotatable bonds is 10. The van der Waals surface area contributed by atoms with Gasteiger partial charge in [0.05, 0.1) is 52.6 Å². The number of piperidine rings is 2. The van der Waals surface area contributed by atoms with Gasteiger partial charge in [-0.3, -0.25) is 19.2 Å². The molecule has 5 atom stereocenters. The van der Waals surface area contributed by atoms with Crippen molar-refractivity contribution in [1.82, 2.24) is 4.90 Å². The van der Waals surface area contributed by atoms with Gasteiger partial charge < -0.3 is 34.2 Å². The number of fused-ring (bicyclic) bond motifs is 3. The Kier molecular flexibility index (Phi) is 11.4. The molecular formula is C50H58N4O7Si. The maximum absolute atomic E-state index is 15.7. The first kappa shape index (κ1) is 42.0. The second-order valence-electron chi connectivity index (χ2n) is 18.5. The van der Waals surface area contributed by atoms with E-state index in [0.29, 0.717) is 38.9 Å². The highest BCUT2D eigenvalue weighted by Crippen LogP contribution is 2.61. The molecule has 0 saturated carbocycles. The number of carbonyl (C=O) groups is 4. The van der Waals surface area contributed by atoms with Crippen LogP contribution in [0.25, 0.3) is 0 Å². The van der Waals surface area contributed by atoms with Crippen LogP contribution < -0.4 is 24.6 Å². The Morgan fingerprint density at radius 2 is 1.48 bits per heavy atom. The van der Waals surface area contributed by atoms with Crippen LogP contribution in [0.1, 0.15) is 74.1 Å². The fourth-order valence-electron chi connectivity index (χ4n) is 11.3. The van der Waals surface area contributed by atoms with E-state index in [0.717, 1.165) is 75.9 Å². The molecule has 4 aromatic carbocycles. The highest BCUT2D eigenvalue weighted by molar-refractivity contribution is 6.91. The summed E-state index contributed by atoms with van der Waals surface area (Å²) in [4.78, 5) is 63.9. The number of methoxy groups -OCH3 is 1. The number of benzene rings is 4. The van der Waals surface area contributed by atoms with E-state index < -0.39 is 19.8 Å². The van der Waals surface area contributed by atoms with Gasteiger partial charge in [-0.25, -0.2) is 0 Å². The summed E-state index contributed by atoms with van der Waals surface area (Å²) in [6.07, 6.45) is 4.63. The molecule has 0 aromatic heterocycles. The topological polar surface area (TPSA) is 120 Å². The maximum atomic E-state index is 15.7. The molecule has 5 aliphatic heterocycles. The predicted octanol–water partition coefficient (Wildman–Crippen LogP) is 6.83. The summed E-state index contributed by atoms with van der Waals surface area (Å²) in [6, 6.07) is 29.7. The van der Waals surface area contributed by atoms with Crippen LogP contribution in [0, 0.1) is 5.92 Å². The number of ether oxygens (including phenoxy) is 2. The standard InChI is InChI=1S/C50H58N4O7Si/c1-33-48(62(3,4)41-22-20-40(60-2)21-23-41)44(29-47(58)53-31-36-12-6-5-11-35(36)27-39(53)32-55)61-50(33)42-28-38(52-26-10-8-14-46(52)57)19-24-43(42)54(49(50)59)30-34-15-17-37(18-16-34)51-25-9-7-13-45(51)56/h5-6,11-12,15-24,28,33,39,44,48,55H,7-10,13-14,25-27,29-32H2,1-4H3/t33-,39+,44+,48-,50+/m1/s1. The monoisotopic (exact) mass is 854 g/mol. The van der Waals surface area contributed by atoms with E-state index in [4.69, 9.17) is 9.47 Å². The molecule has 3 saturated heterocycles. The van der Waals surface area contributed by atoms with Crippen molar-refractivity contribution in [2.45, 2.75) is 108 Å². The molecule has 3 fully saturated rings. The quantitative estimate of drug-likeness (QED) is 0.174. The molecular weight excluding hydrogens is 797 g/mol. The normalized spacial score (nSPS) is 25.1. The van der Waals surface area contributed by atoms with Gasteiger partial charge in [-0.05, 0) is 96.8 Å². The molecule has 12 heteroatoms. The molecule has 324 valence electrons. The molecule has 4 amide bonds. The third kappa shape index (κ3) is 7.23. The van der Waals surface area contributed by atoms with E-state index in [1.165, 1.54) is 0 Å². The number of aliphatic hydroxyl groups excluding tert-OH is 1. The number of aliphatic hydroxyl groups is 1. The van der Waals surface area contributed by atoms with Crippen LogP contribution in [-0.2, 0) is 49.0 Å². The highest BCUT2D eigenvalue weighted by atomic mass is 28.3. The first-order valence-corrected chi connectivity index (χ1v) is 25.5. The molecule has 1 N–H and O–H groups in total. The SMILES string of the molecule is COc1ccc([Si](C)(C)[C@H]2[C@H](CC(=O)N3Cc4ccccc4C[C@H]3CO)O[C@@]3(C(=O)N(Cc4ccc(N5CCCCC5=O)cc4)c4ccc(N5CCCCC5=O)cc43)[C@@H]2C)cc1. The van der Waals surface area contributed by atoms with Crippen molar-refractivity contribution in [2.75, 3.05) is 41.5 Å². The van der Waals surface area contributed by atoms with E-state index >= 15 is 4.79 Å². The van der Waals surface area contributed by atoms with Crippen LogP contribution in [-0.4, -0.2) is 80.7 Å². The summed E-state index contributed by atoms with van der Waals surface area (Å²) in [5, 5.41) is 11.8. The van der Waals surface area contributed by atoms with E-state index in [9.17, 15) is 19.5 Å². The van der Waals surface area contributed by atoms with Crippen LogP contribution in [0.15, 0.2) is 91.0 Å². The van der Waals surface area contributed by atoms with Crippen LogP contribution in [0.3, 0.4) is 0 Å². The molecule has 5 aliphatic rings. The summed E-state index contributed by atoms with van der Waals surface area (Å²) in [7, 11) is -0.950. The minimum atomic E-state index is -2.60. The zero-order chi connectivity index (χ0) is 43.3. The van der Waals surface area contributed by atoms with Crippen molar-refractivity contribution in [2.24, 2.45) is 5.92 Å². The van der Waals surface area contributed by atoms with Gasteiger partial charge >= 0.3 is 0 Å². The number of hydrogen-bond acceptors (Lipinski definition) is 7.